The maximum atomic E-state index is 8.39. The van der Waals surface area contributed by atoms with Crippen LogP contribution in [0.15, 0.2) is 0 Å². The predicted molar refractivity (Wildman–Crippen MR) is 49.7 cm³/mol. The third-order valence-electron chi connectivity index (χ3n) is 0. The van der Waals surface area contributed by atoms with Crippen molar-refractivity contribution in [2.75, 3.05) is 0 Å². The Morgan fingerprint density at radius 2 is 0.364 bits per heavy atom. The van der Waals surface area contributed by atoms with Gasteiger partial charge in [-0.3, -0.25) is 0 Å². The number of hydrogen-bond acceptors (Lipinski definition) is 5. The zero-order valence-corrected chi connectivity index (χ0v) is 19.7. The molecule has 11 heavy (non-hydrogen) atoms. The smallest absolute Gasteiger partial charge is 0.865 e. The molecule has 11 heteroatoms. The molecule has 70 valence electrons. The topological polar surface area (TPSA) is 115 Å². The first-order valence-corrected chi connectivity index (χ1v) is 6.12. The van der Waals surface area contributed by atoms with Crippen LogP contribution in [0.5, 0.6) is 0 Å². The van der Waals surface area contributed by atoms with Crippen LogP contribution in [-0.4, -0.2) is 52.4 Å². The van der Waals surface area contributed by atoms with Gasteiger partial charge in [-0.25, -0.2) is 0 Å². The fraction of sp³-hybridized carbons (Fsp3) is 0. The predicted octanol–water partition coefficient (Wildman–Crippen LogP) is -11.9. The summed E-state index contributed by atoms with van der Waals surface area (Å²) in [5.74, 6) is 0. The van der Waals surface area contributed by atoms with E-state index >= 15 is 0 Å². The molecule has 0 radical (unpaired) electrons. The van der Waals surface area contributed by atoms with Crippen molar-refractivity contribution in [3.8, 4) is 0 Å². The van der Waals surface area contributed by atoms with E-state index in [4.69, 9.17) is 24.0 Å². The van der Waals surface area contributed by atoms with E-state index < -0.39 is 0 Å². The van der Waals surface area contributed by atoms with Crippen LogP contribution in [0.3, 0.4) is 0 Å². The largest absolute Gasteiger partial charge is 5.00 e. The molecule has 0 amide bonds. The van der Waals surface area contributed by atoms with Crippen LogP contribution in [0, 0.1) is 0 Å². The van der Waals surface area contributed by atoms with Crippen molar-refractivity contribution in [3.05, 3.63) is 0 Å². The maximum Gasteiger partial charge on any atom is 5.00 e. The Morgan fingerprint density at radius 3 is 0.364 bits per heavy atom. The summed E-state index contributed by atoms with van der Waals surface area (Å²) in [4.78, 5) is 41.9. The van der Waals surface area contributed by atoms with Gasteiger partial charge in [0.15, 0.2) is 0 Å². The average Bonchev–Trinajstić information content (AvgIpc) is 2.20. The molecule has 0 aromatic rings. The summed E-state index contributed by atoms with van der Waals surface area (Å²) in [7, 11) is 0.278. The molecule has 0 saturated carbocycles. The molecule has 0 aromatic carbocycles. The first kappa shape index (κ1) is 38.9. The fourth-order valence-corrected chi connectivity index (χ4v) is 0. The van der Waals surface area contributed by atoms with Crippen LogP contribution in [0.25, 0.3) is 0 Å². The Labute approximate surface area is 98.5 Å². The molecular weight excluding hydrogens is 313 g/mol. The van der Waals surface area contributed by atoms with Crippen molar-refractivity contribution in [2.45, 2.75) is 0 Å². The van der Waals surface area contributed by atoms with E-state index in [1.807, 2.05) is 0 Å². The van der Waals surface area contributed by atoms with Gasteiger partial charge in [-0.15, -0.1) is 0 Å². The van der Waals surface area contributed by atoms with E-state index in [0.29, 0.717) is 0 Å². The zero-order chi connectivity index (χ0) is 10.0. The first-order valence-electron chi connectivity index (χ1n) is 2.04. The van der Waals surface area contributed by atoms with Crippen molar-refractivity contribution in [3.63, 3.8) is 0 Å². The van der Waals surface area contributed by atoms with Crippen molar-refractivity contribution in [2.24, 2.45) is 0 Å². The molecule has 0 aliphatic heterocycles. The van der Waals surface area contributed by atoms with Crippen LogP contribution in [-0.2, 0) is 22.4 Å². The summed E-state index contributed by atoms with van der Waals surface area (Å²) in [5, 5.41) is 0. The summed E-state index contributed by atoms with van der Waals surface area (Å²) >= 11 is 0. The zero-order valence-electron chi connectivity index (χ0n) is 7.49. The summed E-state index contributed by atoms with van der Waals surface area (Å²) in [6.45, 7) is 0. The van der Waals surface area contributed by atoms with Gasteiger partial charge >= 0.3 is 22.4 Å². The van der Waals surface area contributed by atoms with E-state index in [1.54, 1.807) is 0 Å². The second kappa shape index (κ2) is 497. The molecule has 0 N–H and O–H groups in total. The van der Waals surface area contributed by atoms with E-state index in [-0.39, 0.29) is 74.8 Å². The monoisotopic (exact) mass is 328 g/mol. The van der Waals surface area contributed by atoms with Gasteiger partial charge in [-0.2, -0.15) is 0 Å². The van der Waals surface area contributed by atoms with Gasteiger partial charge < -0.3 is 24.0 Å². The minimum absolute atomic E-state index is 0. The molecule has 0 atom stereocenters. The van der Waals surface area contributed by atoms with Gasteiger partial charge in [0.1, 0.15) is 0 Å². The minimum atomic E-state index is 0. The normalized spacial score (nSPS) is 4.09. The van der Waals surface area contributed by atoms with Crippen LogP contribution in [0.2, 0.25) is 0 Å². The van der Waals surface area contributed by atoms with Crippen molar-refractivity contribution in [1.82, 2.24) is 0 Å². The van der Waals surface area contributed by atoms with Crippen molar-refractivity contribution >= 4 is 52.4 Å². The van der Waals surface area contributed by atoms with Crippen LogP contribution < -0.4 is 24.0 Å². The Kier molecular flexibility index (Phi) is 1760. The van der Waals surface area contributed by atoms with Crippen LogP contribution >= 0.6 is 0 Å². The SMILES string of the molecule is [Nb+5].[O-][SiH3].[O-][SiH3].[O-][SiH3].[O-][SiH3].[O-][SiH3]. The van der Waals surface area contributed by atoms with E-state index in [0.717, 1.165) is 0 Å². The quantitative estimate of drug-likeness (QED) is 0.410. The average molecular weight is 328 g/mol. The molecule has 0 fully saturated rings. The minimum Gasteiger partial charge on any atom is -0.865 e. The summed E-state index contributed by atoms with van der Waals surface area (Å²) in [6, 6.07) is 0. The van der Waals surface area contributed by atoms with Gasteiger partial charge in [0, 0.05) is 0 Å². The summed E-state index contributed by atoms with van der Waals surface area (Å²) in [6.07, 6.45) is 0. The van der Waals surface area contributed by atoms with Gasteiger partial charge in [-0.05, 0) is 0 Å². The molecular formula is H15NbO5Si5. The Hall–Kier alpha value is 1.62. The van der Waals surface area contributed by atoms with E-state index in [9.17, 15) is 0 Å². The molecule has 0 spiro atoms. The molecule has 0 rings (SSSR count). The third-order valence-corrected chi connectivity index (χ3v) is 0. The van der Waals surface area contributed by atoms with Gasteiger partial charge in [0.05, 0.1) is 0 Å². The van der Waals surface area contributed by atoms with E-state index in [1.165, 1.54) is 0 Å². The molecule has 0 aliphatic carbocycles. The molecule has 0 bridgehead atoms. The Bertz CT molecular complexity index is 14.8. The summed E-state index contributed by atoms with van der Waals surface area (Å²) < 4.78 is 0. The molecule has 0 aromatic heterocycles. The van der Waals surface area contributed by atoms with Crippen molar-refractivity contribution < 1.29 is 46.4 Å². The first-order chi connectivity index (χ1) is 5.00. The van der Waals surface area contributed by atoms with Gasteiger partial charge in [0.2, 0.25) is 0 Å². The molecule has 5 nitrogen and oxygen atoms in total. The maximum absolute atomic E-state index is 8.39. The van der Waals surface area contributed by atoms with Crippen LogP contribution in [0.1, 0.15) is 0 Å². The standard InChI is InChI=1S/Nb.5H3OSi/c;5*1-2/h;5*2H3/q+5;5*-1. The molecule has 0 heterocycles. The Morgan fingerprint density at radius 1 is 0.364 bits per heavy atom. The molecule has 0 aliphatic rings. The third kappa shape index (κ3) is 408. The number of hydrogen-bond donors (Lipinski definition) is 0. The Balaban J connectivity index is -0.00000000694. The second-order valence-electron chi connectivity index (χ2n) is 0. The van der Waals surface area contributed by atoms with Crippen molar-refractivity contribution in [1.29, 1.82) is 0 Å². The van der Waals surface area contributed by atoms with E-state index in [2.05, 4.69) is 0 Å². The fourth-order valence-electron chi connectivity index (χ4n) is 0. The molecule has 0 saturated heterocycles. The van der Waals surface area contributed by atoms with Gasteiger partial charge in [-0.1, -0.05) is 52.4 Å². The summed E-state index contributed by atoms with van der Waals surface area (Å²) in [5.41, 5.74) is 0. The second-order valence-corrected chi connectivity index (χ2v) is 0. The van der Waals surface area contributed by atoms with Gasteiger partial charge in [0.25, 0.3) is 0 Å². The van der Waals surface area contributed by atoms with Crippen LogP contribution in [0.4, 0.5) is 0 Å². The number of rotatable bonds is 0. The molecule has 0 unspecified atom stereocenters.